The molecule has 1 unspecified atom stereocenters. The molecule has 0 radical (unpaired) electrons. The van der Waals surface area contributed by atoms with Gasteiger partial charge in [-0.25, -0.2) is 0 Å². The van der Waals surface area contributed by atoms with Crippen molar-refractivity contribution in [3.05, 3.63) is 0 Å². The van der Waals surface area contributed by atoms with Crippen molar-refractivity contribution in [1.29, 1.82) is 0 Å². The van der Waals surface area contributed by atoms with Crippen LogP contribution in [0.4, 0.5) is 0 Å². The summed E-state index contributed by atoms with van der Waals surface area (Å²) in [6, 6.07) is 0. The molecule has 0 aliphatic carbocycles. The third-order valence-corrected chi connectivity index (χ3v) is 3.62. The van der Waals surface area contributed by atoms with Crippen molar-refractivity contribution in [3.63, 3.8) is 0 Å². The lowest BCUT2D eigenvalue weighted by atomic mass is 9.93. The van der Waals surface area contributed by atoms with Gasteiger partial charge in [-0.1, -0.05) is 0 Å². The molecule has 4 nitrogen and oxygen atoms in total. The summed E-state index contributed by atoms with van der Waals surface area (Å²) in [4.78, 5) is 13.8. The van der Waals surface area contributed by atoms with Crippen molar-refractivity contribution in [2.45, 2.75) is 50.7 Å². The third-order valence-electron chi connectivity index (χ3n) is 3.62. The zero-order valence-corrected chi connectivity index (χ0v) is 9.95. The highest BCUT2D eigenvalue weighted by Crippen LogP contribution is 2.23. The summed E-state index contributed by atoms with van der Waals surface area (Å²) >= 11 is 0. The maximum Gasteiger partial charge on any atom is 0.225 e. The quantitative estimate of drug-likeness (QED) is 0.763. The molecular weight excluding hydrogens is 206 g/mol. The maximum atomic E-state index is 11.9. The minimum atomic E-state index is -0.583. The first-order chi connectivity index (χ1) is 7.57. The molecule has 1 atom stereocenters. The summed E-state index contributed by atoms with van der Waals surface area (Å²) < 4.78 is 5.46. The van der Waals surface area contributed by atoms with Gasteiger partial charge in [0.05, 0.1) is 18.1 Å². The van der Waals surface area contributed by atoms with E-state index in [1.807, 2.05) is 11.8 Å². The molecule has 0 saturated carbocycles. The lowest BCUT2D eigenvalue weighted by Gasteiger charge is -2.36. The van der Waals surface area contributed by atoms with Gasteiger partial charge in [-0.15, -0.1) is 0 Å². The number of nitrogens with zero attached hydrogens (tertiary/aromatic N) is 1. The van der Waals surface area contributed by atoms with Crippen LogP contribution in [0.25, 0.3) is 0 Å². The Morgan fingerprint density at radius 2 is 2.19 bits per heavy atom. The van der Waals surface area contributed by atoms with E-state index in [2.05, 4.69) is 0 Å². The van der Waals surface area contributed by atoms with Crippen LogP contribution in [0.2, 0.25) is 0 Å². The Balaban J connectivity index is 1.77. The fraction of sp³-hybridized carbons (Fsp3) is 0.917. The highest BCUT2D eigenvalue weighted by Gasteiger charge is 2.30. The molecule has 0 aromatic carbocycles. The molecule has 0 bridgehead atoms. The molecule has 2 aliphatic heterocycles. The maximum absolute atomic E-state index is 11.9. The van der Waals surface area contributed by atoms with Crippen molar-refractivity contribution >= 4 is 5.91 Å². The van der Waals surface area contributed by atoms with Crippen LogP contribution in [0, 0.1) is 0 Å². The summed E-state index contributed by atoms with van der Waals surface area (Å²) in [5.74, 6) is 0.183. The molecule has 2 fully saturated rings. The number of hydrogen-bond acceptors (Lipinski definition) is 3. The lowest BCUT2D eigenvalue weighted by molar-refractivity contribution is -0.137. The fourth-order valence-corrected chi connectivity index (χ4v) is 2.37. The van der Waals surface area contributed by atoms with Crippen LogP contribution in [0.3, 0.4) is 0 Å². The molecule has 16 heavy (non-hydrogen) atoms. The zero-order valence-electron chi connectivity index (χ0n) is 9.95. The number of carbonyl (C=O) groups is 1. The van der Waals surface area contributed by atoms with Crippen LogP contribution >= 0.6 is 0 Å². The number of ether oxygens (including phenoxy) is 1. The molecule has 2 rings (SSSR count). The van der Waals surface area contributed by atoms with Crippen LogP contribution in [-0.2, 0) is 9.53 Å². The Morgan fingerprint density at radius 3 is 2.75 bits per heavy atom. The first kappa shape index (κ1) is 11.9. The highest BCUT2D eigenvalue weighted by atomic mass is 16.5. The summed E-state index contributed by atoms with van der Waals surface area (Å²) in [7, 11) is 0. The van der Waals surface area contributed by atoms with Gasteiger partial charge in [-0.2, -0.15) is 0 Å². The fourth-order valence-electron chi connectivity index (χ4n) is 2.37. The van der Waals surface area contributed by atoms with Crippen LogP contribution in [0.5, 0.6) is 0 Å². The molecule has 1 N–H and O–H groups in total. The van der Waals surface area contributed by atoms with Crippen LogP contribution in [-0.4, -0.2) is 47.3 Å². The van der Waals surface area contributed by atoms with Gasteiger partial charge in [0.2, 0.25) is 5.91 Å². The monoisotopic (exact) mass is 227 g/mol. The van der Waals surface area contributed by atoms with E-state index in [9.17, 15) is 9.90 Å². The van der Waals surface area contributed by atoms with E-state index in [4.69, 9.17) is 4.74 Å². The number of aliphatic hydroxyl groups is 1. The van der Waals surface area contributed by atoms with Crippen molar-refractivity contribution in [1.82, 2.24) is 4.90 Å². The normalized spacial score (nSPS) is 29.4. The Labute approximate surface area is 96.6 Å². The minimum Gasteiger partial charge on any atom is -0.390 e. The Bertz CT molecular complexity index is 249. The number of likely N-dealkylation sites (tertiary alicyclic amines) is 1. The summed E-state index contributed by atoms with van der Waals surface area (Å²) in [5.41, 5.74) is -0.583. The number of amides is 1. The van der Waals surface area contributed by atoms with Crippen molar-refractivity contribution < 1.29 is 14.6 Å². The summed E-state index contributed by atoms with van der Waals surface area (Å²) in [5, 5.41) is 9.80. The molecule has 2 aliphatic rings. The third kappa shape index (κ3) is 2.95. The number of rotatable bonds is 2. The van der Waals surface area contributed by atoms with Crippen LogP contribution < -0.4 is 0 Å². The van der Waals surface area contributed by atoms with E-state index >= 15 is 0 Å². The van der Waals surface area contributed by atoms with Crippen molar-refractivity contribution in [3.8, 4) is 0 Å². The topological polar surface area (TPSA) is 49.8 Å². The number of carbonyl (C=O) groups excluding carboxylic acids is 1. The van der Waals surface area contributed by atoms with E-state index in [-0.39, 0.29) is 12.0 Å². The van der Waals surface area contributed by atoms with Gasteiger partial charge in [0.15, 0.2) is 0 Å². The highest BCUT2D eigenvalue weighted by molar-refractivity contribution is 5.76. The average molecular weight is 227 g/mol. The molecule has 2 heterocycles. The molecule has 1 amide bonds. The number of piperidine rings is 1. The largest absolute Gasteiger partial charge is 0.390 e. The van der Waals surface area contributed by atoms with Crippen molar-refractivity contribution in [2.24, 2.45) is 0 Å². The van der Waals surface area contributed by atoms with E-state index < -0.39 is 5.60 Å². The average Bonchev–Trinajstić information content (AvgIpc) is 2.70. The van der Waals surface area contributed by atoms with Gasteiger partial charge in [0, 0.05) is 19.7 Å². The molecule has 0 aromatic heterocycles. The second-order valence-corrected chi connectivity index (χ2v) is 5.22. The second-order valence-electron chi connectivity index (χ2n) is 5.22. The van der Waals surface area contributed by atoms with Crippen LogP contribution in [0.15, 0.2) is 0 Å². The van der Waals surface area contributed by atoms with Gasteiger partial charge in [-0.3, -0.25) is 4.79 Å². The molecule has 92 valence electrons. The van der Waals surface area contributed by atoms with Gasteiger partial charge in [-0.05, 0) is 32.6 Å². The van der Waals surface area contributed by atoms with E-state index in [1.54, 1.807) is 0 Å². The molecule has 0 spiro atoms. The van der Waals surface area contributed by atoms with E-state index in [0.29, 0.717) is 32.4 Å². The second kappa shape index (κ2) is 4.72. The minimum absolute atomic E-state index is 0.134. The Kier molecular flexibility index (Phi) is 3.50. The molecule has 2 saturated heterocycles. The Morgan fingerprint density at radius 1 is 1.50 bits per heavy atom. The van der Waals surface area contributed by atoms with E-state index in [0.717, 1.165) is 19.4 Å². The summed E-state index contributed by atoms with van der Waals surface area (Å²) in [6.07, 6.45) is 4.11. The molecule has 0 aromatic rings. The summed E-state index contributed by atoms with van der Waals surface area (Å²) in [6.45, 7) is 4.00. The van der Waals surface area contributed by atoms with Crippen LogP contribution in [0.1, 0.15) is 39.0 Å². The van der Waals surface area contributed by atoms with Gasteiger partial charge in [0.25, 0.3) is 0 Å². The predicted octanol–water partition coefficient (Wildman–Crippen LogP) is 0.929. The molecule has 4 heteroatoms. The SMILES string of the molecule is CC1(O)CCN(C(=O)CC2CCCO2)CC1. The Hall–Kier alpha value is -0.610. The van der Waals surface area contributed by atoms with Gasteiger partial charge >= 0.3 is 0 Å². The number of hydrogen-bond donors (Lipinski definition) is 1. The first-order valence-corrected chi connectivity index (χ1v) is 6.19. The van der Waals surface area contributed by atoms with Gasteiger partial charge < -0.3 is 14.7 Å². The predicted molar refractivity (Wildman–Crippen MR) is 60.0 cm³/mol. The van der Waals surface area contributed by atoms with Gasteiger partial charge in [0.1, 0.15) is 0 Å². The van der Waals surface area contributed by atoms with E-state index in [1.165, 1.54) is 0 Å². The van der Waals surface area contributed by atoms with Crippen molar-refractivity contribution in [2.75, 3.05) is 19.7 Å². The molecular formula is C12H21NO3. The zero-order chi connectivity index (χ0) is 11.6. The first-order valence-electron chi connectivity index (χ1n) is 6.19. The smallest absolute Gasteiger partial charge is 0.225 e. The standard InChI is InChI=1S/C12H21NO3/c1-12(15)4-6-13(7-5-12)11(14)9-10-3-2-8-16-10/h10,15H,2-9H2,1H3. The lowest BCUT2D eigenvalue weighted by Crippen LogP contribution is -2.45.